The molecule has 0 aliphatic carbocycles. The van der Waals surface area contributed by atoms with Gasteiger partial charge in [0.25, 0.3) is 5.56 Å². The van der Waals surface area contributed by atoms with E-state index in [1.165, 1.54) is 11.6 Å². The fraction of sp³-hybridized carbons (Fsp3) is 0.250. The van der Waals surface area contributed by atoms with E-state index in [9.17, 15) is 9.59 Å². The average Bonchev–Trinajstić information content (AvgIpc) is 2.91. The first-order chi connectivity index (χ1) is 10.6. The third-order valence-corrected chi connectivity index (χ3v) is 4.24. The Morgan fingerprint density at radius 1 is 1.05 bits per heavy atom. The van der Waals surface area contributed by atoms with Crippen LogP contribution in [0.4, 0.5) is 0 Å². The van der Waals surface area contributed by atoms with Gasteiger partial charge in [0.2, 0.25) is 0 Å². The van der Waals surface area contributed by atoms with Crippen molar-refractivity contribution in [2.75, 3.05) is 5.33 Å². The summed E-state index contributed by atoms with van der Waals surface area (Å²) in [5.74, 6) is 0. The number of nitrogens with zero attached hydrogens (tertiary/aromatic N) is 3. The Kier molecular flexibility index (Phi) is 3.78. The Labute approximate surface area is 135 Å². The van der Waals surface area contributed by atoms with Crippen LogP contribution >= 0.6 is 15.9 Å². The number of fused-ring (bicyclic) bond motifs is 1. The monoisotopic (exact) mass is 361 g/mol. The van der Waals surface area contributed by atoms with Gasteiger partial charge in [0.05, 0.1) is 16.6 Å². The number of aryl methyl sites for hydroxylation is 2. The Morgan fingerprint density at radius 3 is 2.36 bits per heavy atom. The van der Waals surface area contributed by atoms with E-state index in [0.29, 0.717) is 10.9 Å². The molecule has 0 atom stereocenters. The fourth-order valence-electron chi connectivity index (χ4n) is 2.76. The summed E-state index contributed by atoms with van der Waals surface area (Å²) in [6, 6.07) is 9.78. The van der Waals surface area contributed by atoms with Crippen molar-refractivity contribution in [3.05, 3.63) is 57.4 Å². The number of hydrogen-bond acceptors (Lipinski definition) is 2. The molecule has 0 aliphatic heterocycles. The summed E-state index contributed by atoms with van der Waals surface area (Å²) in [4.78, 5) is 24.8. The molecule has 3 aromatic rings. The van der Waals surface area contributed by atoms with Gasteiger partial charge in [-0.25, -0.2) is 4.79 Å². The largest absolute Gasteiger partial charge is 0.344 e. The average molecular weight is 362 g/mol. The van der Waals surface area contributed by atoms with E-state index < -0.39 is 0 Å². The quantitative estimate of drug-likeness (QED) is 0.670. The lowest BCUT2D eigenvalue weighted by atomic mass is 10.1. The number of alkyl halides is 1. The van der Waals surface area contributed by atoms with Crippen molar-refractivity contribution in [3.8, 4) is 11.3 Å². The molecular weight excluding hydrogens is 346 g/mol. The molecule has 0 unspecified atom stereocenters. The van der Waals surface area contributed by atoms with E-state index in [1.807, 2.05) is 41.1 Å². The first kappa shape index (κ1) is 14.8. The zero-order valence-electron chi connectivity index (χ0n) is 12.4. The van der Waals surface area contributed by atoms with E-state index in [2.05, 4.69) is 15.9 Å². The van der Waals surface area contributed by atoms with Crippen molar-refractivity contribution >= 4 is 26.8 Å². The third-order valence-electron chi connectivity index (χ3n) is 3.88. The number of aromatic nitrogens is 3. The van der Waals surface area contributed by atoms with Crippen LogP contribution in [0.3, 0.4) is 0 Å². The number of hydrogen-bond donors (Lipinski definition) is 0. The van der Waals surface area contributed by atoms with Crippen LogP contribution in [-0.4, -0.2) is 19.0 Å². The third kappa shape index (κ3) is 2.14. The second-order valence-corrected chi connectivity index (χ2v) is 5.99. The van der Waals surface area contributed by atoms with Crippen LogP contribution in [0.25, 0.3) is 22.2 Å². The topological polar surface area (TPSA) is 48.9 Å². The van der Waals surface area contributed by atoms with Crippen molar-refractivity contribution in [1.82, 2.24) is 13.7 Å². The summed E-state index contributed by atoms with van der Waals surface area (Å²) in [5.41, 5.74) is 1.91. The van der Waals surface area contributed by atoms with Gasteiger partial charge in [0.15, 0.2) is 0 Å². The van der Waals surface area contributed by atoms with Crippen LogP contribution in [0.1, 0.15) is 0 Å². The minimum Gasteiger partial charge on any atom is -0.344 e. The maximum Gasteiger partial charge on any atom is 0.330 e. The van der Waals surface area contributed by atoms with Gasteiger partial charge in [-0.1, -0.05) is 46.3 Å². The highest BCUT2D eigenvalue weighted by Crippen LogP contribution is 2.27. The molecule has 3 rings (SSSR count). The van der Waals surface area contributed by atoms with Crippen molar-refractivity contribution in [3.63, 3.8) is 0 Å². The molecular formula is C16H16BrN3O2. The van der Waals surface area contributed by atoms with Gasteiger partial charge < -0.3 is 4.57 Å². The zero-order chi connectivity index (χ0) is 15.9. The van der Waals surface area contributed by atoms with Crippen LogP contribution in [0.15, 0.2) is 46.1 Å². The van der Waals surface area contributed by atoms with E-state index >= 15 is 0 Å². The van der Waals surface area contributed by atoms with Crippen LogP contribution < -0.4 is 11.2 Å². The molecule has 0 amide bonds. The number of benzene rings is 1. The predicted molar refractivity (Wildman–Crippen MR) is 91.7 cm³/mol. The molecule has 0 spiro atoms. The smallest absolute Gasteiger partial charge is 0.330 e. The first-order valence-electron chi connectivity index (χ1n) is 6.96. The van der Waals surface area contributed by atoms with Crippen molar-refractivity contribution in [2.45, 2.75) is 6.54 Å². The van der Waals surface area contributed by atoms with Gasteiger partial charge >= 0.3 is 5.69 Å². The molecule has 22 heavy (non-hydrogen) atoms. The predicted octanol–water partition coefficient (Wildman–Crippen LogP) is 2.10. The molecule has 0 saturated heterocycles. The maximum atomic E-state index is 12.6. The van der Waals surface area contributed by atoms with Gasteiger partial charge in [0, 0.05) is 32.2 Å². The highest BCUT2D eigenvalue weighted by molar-refractivity contribution is 9.09. The second kappa shape index (κ2) is 5.61. The standard InChI is InChI=1S/C16H16BrN3O2/c1-18-12-10-20(9-8-17)14(11-6-4-3-5-7-11)13(12)15(21)19(2)16(18)22/h3-7,10H,8-9H2,1-2H3. The number of halogens is 1. The first-order valence-corrected chi connectivity index (χ1v) is 8.08. The normalized spacial score (nSPS) is 11.2. The molecule has 2 heterocycles. The van der Waals surface area contributed by atoms with Gasteiger partial charge in [-0.3, -0.25) is 13.9 Å². The molecule has 0 N–H and O–H groups in total. The van der Waals surface area contributed by atoms with Crippen LogP contribution in [0.2, 0.25) is 0 Å². The lowest BCUT2D eigenvalue weighted by Crippen LogP contribution is -2.36. The van der Waals surface area contributed by atoms with Crippen LogP contribution in [-0.2, 0) is 20.6 Å². The SMILES string of the molecule is Cn1c(=O)c2c(-c3ccccc3)n(CCBr)cc2n(C)c1=O. The summed E-state index contributed by atoms with van der Waals surface area (Å²) in [7, 11) is 3.21. The van der Waals surface area contributed by atoms with Gasteiger partial charge in [-0.2, -0.15) is 0 Å². The lowest BCUT2D eigenvalue weighted by molar-refractivity contribution is 0.714. The summed E-state index contributed by atoms with van der Waals surface area (Å²) in [6.07, 6.45) is 1.88. The molecule has 0 radical (unpaired) electrons. The molecule has 2 aromatic heterocycles. The molecule has 1 aromatic carbocycles. The second-order valence-electron chi connectivity index (χ2n) is 5.19. The molecule has 114 valence electrons. The molecule has 0 saturated carbocycles. The maximum absolute atomic E-state index is 12.6. The minimum absolute atomic E-state index is 0.259. The lowest BCUT2D eigenvalue weighted by Gasteiger charge is -2.08. The van der Waals surface area contributed by atoms with Crippen molar-refractivity contribution < 1.29 is 0 Å². The summed E-state index contributed by atoms with van der Waals surface area (Å²) < 4.78 is 4.71. The van der Waals surface area contributed by atoms with Crippen LogP contribution in [0.5, 0.6) is 0 Å². The molecule has 0 bridgehead atoms. The van der Waals surface area contributed by atoms with Crippen molar-refractivity contribution in [2.24, 2.45) is 14.1 Å². The Balaban J connectivity index is 2.51. The highest BCUT2D eigenvalue weighted by atomic mass is 79.9. The minimum atomic E-state index is -0.312. The van der Waals surface area contributed by atoms with Crippen LogP contribution in [0, 0.1) is 0 Å². The number of rotatable bonds is 3. The van der Waals surface area contributed by atoms with Gasteiger partial charge in [-0.15, -0.1) is 0 Å². The van der Waals surface area contributed by atoms with Gasteiger partial charge in [-0.05, 0) is 5.56 Å². The molecule has 5 nitrogen and oxygen atoms in total. The Bertz CT molecular complexity index is 951. The Hall–Kier alpha value is -2.08. The summed E-state index contributed by atoms with van der Waals surface area (Å²) in [6.45, 7) is 0.719. The highest BCUT2D eigenvalue weighted by Gasteiger charge is 2.18. The zero-order valence-corrected chi connectivity index (χ0v) is 14.0. The van der Waals surface area contributed by atoms with Crippen molar-refractivity contribution in [1.29, 1.82) is 0 Å². The summed E-state index contributed by atoms with van der Waals surface area (Å²) in [5, 5.41) is 1.35. The van der Waals surface area contributed by atoms with Gasteiger partial charge in [0.1, 0.15) is 0 Å². The van der Waals surface area contributed by atoms with E-state index in [1.54, 1.807) is 7.05 Å². The summed E-state index contributed by atoms with van der Waals surface area (Å²) >= 11 is 3.44. The van der Waals surface area contributed by atoms with E-state index in [-0.39, 0.29) is 11.2 Å². The molecule has 0 aliphatic rings. The Morgan fingerprint density at radius 2 is 1.73 bits per heavy atom. The molecule has 0 fully saturated rings. The fourth-order valence-corrected chi connectivity index (χ4v) is 3.15. The molecule has 6 heteroatoms. The van der Waals surface area contributed by atoms with E-state index in [4.69, 9.17) is 0 Å². The van der Waals surface area contributed by atoms with E-state index in [0.717, 1.165) is 27.7 Å².